The van der Waals surface area contributed by atoms with Gasteiger partial charge in [0.15, 0.2) is 0 Å². The van der Waals surface area contributed by atoms with Crippen LogP contribution in [0.1, 0.15) is 12.8 Å². The summed E-state index contributed by atoms with van der Waals surface area (Å²) in [4.78, 5) is 28.3. The molecule has 0 bridgehead atoms. The molecule has 2 aromatic carbocycles. The highest BCUT2D eigenvalue weighted by Crippen LogP contribution is 2.26. The van der Waals surface area contributed by atoms with Crippen LogP contribution in [0, 0.1) is 11.7 Å². The number of amides is 2. The summed E-state index contributed by atoms with van der Waals surface area (Å²) in [7, 11) is -3.48. The standard InChI is InChI=1S/C24H28ClFN4O4S/c25-19-6-8-20(9-7-19)30-17-18(16-23(30)31)24(32)27-10-3-15-35(33,34)29-13-11-28(12-14-29)22-5-2-1-4-21(22)26/h1-2,4-9,18H,3,10-17H2,(H,27,32). The third kappa shape index (κ3) is 6.12. The number of carbonyl (C=O) groups is 2. The van der Waals surface area contributed by atoms with Gasteiger partial charge in [-0.3, -0.25) is 9.59 Å². The van der Waals surface area contributed by atoms with Crippen LogP contribution in [0.3, 0.4) is 0 Å². The molecule has 2 aliphatic rings. The number of halogens is 2. The fourth-order valence-corrected chi connectivity index (χ4v) is 6.02. The lowest BCUT2D eigenvalue weighted by molar-refractivity contribution is -0.126. The number of hydrogen-bond acceptors (Lipinski definition) is 5. The first-order chi connectivity index (χ1) is 16.7. The Hall–Kier alpha value is -2.69. The zero-order valence-corrected chi connectivity index (χ0v) is 20.8. The number of rotatable bonds is 8. The average Bonchev–Trinajstić information content (AvgIpc) is 3.24. The van der Waals surface area contributed by atoms with Crippen LogP contribution in [0.4, 0.5) is 15.8 Å². The van der Waals surface area contributed by atoms with E-state index in [0.717, 1.165) is 0 Å². The lowest BCUT2D eigenvalue weighted by Gasteiger charge is -2.35. The Kier molecular flexibility index (Phi) is 7.93. The van der Waals surface area contributed by atoms with Crippen LogP contribution in [-0.4, -0.2) is 69.6 Å². The molecule has 2 amide bonds. The molecule has 188 valence electrons. The van der Waals surface area contributed by atoms with Crippen molar-refractivity contribution < 1.29 is 22.4 Å². The minimum absolute atomic E-state index is 0.0898. The largest absolute Gasteiger partial charge is 0.367 e. The summed E-state index contributed by atoms with van der Waals surface area (Å²) >= 11 is 5.89. The topological polar surface area (TPSA) is 90.0 Å². The van der Waals surface area contributed by atoms with Crippen LogP contribution in [-0.2, 0) is 19.6 Å². The minimum Gasteiger partial charge on any atom is -0.367 e. The van der Waals surface area contributed by atoms with Gasteiger partial charge in [0, 0.05) is 56.4 Å². The van der Waals surface area contributed by atoms with Gasteiger partial charge in [0.2, 0.25) is 21.8 Å². The number of sulfonamides is 1. The molecule has 2 aliphatic heterocycles. The Balaban J connectivity index is 1.20. The van der Waals surface area contributed by atoms with Crippen molar-refractivity contribution in [1.82, 2.24) is 9.62 Å². The molecule has 0 saturated carbocycles. The van der Waals surface area contributed by atoms with Gasteiger partial charge < -0.3 is 15.1 Å². The van der Waals surface area contributed by atoms with Crippen molar-refractivity contribution in [3.8, 4) is 0 Å². The maximum atomic E-state index is 14.0. The summed E-state index contributed by atoms with van der Waals surface area (Å²) in [6, 6.07) is 13.3. The van der Waals surface area contributed by atoms with Gasteiger partial charge in [-0.15, -0.1) is 0 Å². The molecule has 0 spiro atoms. The smallest absolute Gasteiger partial charge is 0.227 e. The Bertz CT molecular complexity index is 1170. The number of piperazine rings is 1. The molecule has 35 heavy (non-hydrogen) atoms. The molecule has 0 aliphatic carbocycles. The highest BCUT2D eigenvalue weighted by molar-refractivity contribution is 7.89. The van der Waals surface area contributed by atoms with E-state index in [9.17, 15) is 22.4 Å². The van der Waals surface area contributed by atoms with Gasteiger partial charge in [0.25, 0.3) is 0 Å². The Morgan fingerprint density at radius 2 is 1.74 bits per heavy atom. The second-order valence-electron chi connectivity index (χ2n) is 8.68. The highest BCUT2D eigenvalue weighted by atomic mass is 35.5. The summed E-state index contributed by atoms with van der Waals surface area (Å²) in [6.45, 7) is 1.88. The van der Waals surface area contributed by atoms with Gasteiger partial charge in [0.05, 0.1) is 17.4 Å². The van der Waals surface area contributed by atoms with Crippen molar-refractivity contribution in [3.05, 3.63) is 59.4 Å². The van der Waals surface area contributed by atoms with Crippen LogP contribution < -0.4 is 15.1 Å². The van der Waals surface area contributed by atoms with E-state index >= 15 is 0 Å². The normalized spacial score (nSPS) is 19.3. The van der Waals surface area contributed by atoms with Gasteiger partial charge in [-0.1, -0.05) is 23.7 Å². The summed E-state index contributed by atoms with van der Waals surface area (Å²) in [5.74, 6) is -1.29. The lowest BCUT2D eigenvalue weighted by Crippen LogP contribution is -2.49. The fraction of sp³-hybridized carbons (Fsp3) is 0.417. The minimum atomic E-state index is -3.48. The van der Waals surface area contributed by atoms with Crippen molar-refractivity contribution in [2.75, 3.05) is 54.8 Å². The molecule has 2 heterocycles. The third-order valence-corrected chi connectivity index (χ3v) is 8.55. The predicted molar refractivity (Wildman–Crippen MR) is 134 cm³/mol. The van der Waals surface area contributed by atoms with E-state index < -0.39 is 15.9 Å². The van der Waals surface area contributed by atoms with Crippen LogP contribution in [0.25, 0.3) is 0 Å². The van der Waals surface area contributed by atoms with E-state index in [-0.39, 0.29) is 62.4 Å². The number of benzene rings is 2. The van der Waals surface area contributed by atoms with Crippen molar-refractivity contribution in [2.24, 2.45) is 5.92 Å². The molecule has 1 unspecified atom stereocenters. The third-order valence-electron chi connectivity index (χ3n) is 6.34. The van der Waals surface area contributed by atoms with Crippen molar-refractivity contribution in [3.63, 3.8) is 0 Å². The van der Waals surface area contributed by atoms with E-state index in [1.54, 1.807) is 47.4 Å². The van der Waals surface area contributed by atoms with E-state index in [1.165, 1.54) is 10.4 Å². The number of carbonyl (C=O) groups excluding carboxylic acids is 2. The molecular weight excluding hydrogens is 495 g/mol. The molecule has 8 nitrogen and oxygen atoms in total. The predicted octanol–water partition coefficient (Wildman–Crippen LogP) is 2.49. The monoisotopic (exact) mass is 522 g/mol. The van der Waals surface area contributed by atoms with Crippen LogP contribution in [0.2, 0.25) is 5.02 Å². The number of nitrogens with one attached hydrogen (secondary N) is 1. The SMILES string of the molecule is O=C(NCCCS(=O)(=O)N1CCN(c2ccccc2F)CC1)C1CC(=O)N(c2ccc(Cl)cc2)C1. The second kappa shape index (κ2) is 10.9. The number of nitrogens with zero attached hydrogens (tertiary/aromatic N) is 3. The molecule has 2 aromatic rings. The molecule has 0 aromatic heterocycles. The van der Waals surface area contributed by atoms with E-state index in [0.29, 0.717) is 29.5 Å². The molecule has 4 rings (SSSR count). The number of para-hydroxylation sites is 1. The lowest BCUT2D eigenvalue weighted by atomic mass is 10.1. The van der Waals surface area contributed by atoms with Crippen LogP contribution >= 0.6 is 11.6 Å². The Labute approximate surface area is 209 Å². The maximum Gasteiger partial charge on any atom is 0.227 e. The van der Waals surface area contributed by atoms with Crippen molar-refractivity contribution in [2.45, 2.75) is 12.8 Å². The first-order valence-electron chi connectivity index (χ1n) is 11.6. The van der Waals surface area contributed by atoms with Gasteiger partial charge in [0.1, 0.15) is 5.82 Å². The van der Waals surface area contributed by atoms with E-state index in [1.807, 2.05) is 4.90 Å². The molecule has 1 N–H and O–H groups in total. The summed E-state index contributed by atoms with van der Waals surface area (Å²) in [5, 5.41) is 3.33. The highest BCUT2D eigenvalue weighted by Gasteiger charge is 2.35. The average molecular weight is 523 g/mol. The Morgan fingerprint density at radius 3 is 2.43 bits per heavy atom. The molecule has 0 radical (unpaired) electrons. The van der Waals surface area contributed by atoms with Gasteiger partial charge in [-0.25, -0.2) is 12.8 Å². The van der Waals surface area contributed by atoms with E-state index in [4.69, 9.17) is 11.6 Å². The zero-order valence-electron chi connectivity index (χ0n) is 19.2. The van der Waals surface area contributed by atoms with Crippen LogP contribution in [0.15, 0.2) is 48.5 Å². The van der Waals surface area contributed by atoms with Gasteiger partial charge in [-0.05, 0) is 42.8 Å². The van der Waals surface area contributed by atoms with Crippen molar-refractivity contribution >= 4 is 44.8 Å². The number of hydrogen-bond donors (Lipinski definition) is 1. The molecular formula is C24H28ClFN4O4S. The molecule has 2 saturated heterocycles. The van der Waals surface area contributed by atoms with Crippen LogP contribution in [0.5, 0.6) is 0 Å². The summed E-state index contributed by atoms with van der Waals surface area (Å²) in [6.07, 6.45) is 0.377. The fourth-order valence-electron chi connectivity index (χ4n) is 4.41. The maximum absolute atomic E-state index is 14.0. The van der Waals surface area contributed by atoms with Gasteiger partial charge >= 0.3 is 0 Å². The molecule has 2 fully saturated rings. The first-order valence-corrected chi connectivity index (χ1v) is 13.5. The Morgan fingerprint density at radius 1 is 1.06 bits per heavy atom. The van der Waals surface area contributed by atoms with Gasteiger partial charge in [-0.2, -0.15) is 4.31 Å². The van der Waals surface area contributed by atoms with Crippen molar-refractivity contribution in [1.29, 1.82) is 0 Å². The van der Waals surface area contributed by atoms with E-state index in [2.05, 4.69) is 5.32 Å². The first kappa shape index (κ1) is 25.4. The molecule has 1 atom stereocenters. The number of anilines is 2. The quantitative estimate of drug-likeness (QED) is 0.538. The summed E-state index contributed by atoms with van der Waals surface area (Å²) < 4.78 is 40.9. The molecule has 11 heteroatoms. The second-order valence-corrected chi connectivity index (χ2v) is 11.2. The zero-order chi connectivity index (χ0) is 25.0. The summed E-state index contributed by atoms with van der Waals surface area (Å²) in [5.41, 5.74) is 1.17.